The van der Waals surface area contributed by atoms with Crippen LogP contribution in [0, 0.1) is 0 Å². The molecule has 0 bridgehead atoms. The van der Waals surface area contributed by atoms with Crippen molar-refractivity contribution in [1.29, 1.82) is 0 Å². The summed E-state index contributed by atoms with van der Waals surface area (Å²) >= 11 is 6.38. The number of halogens is 1. The molecule has 0 radical (unpaired) electrons. The van der Waals surface area contributed by atoms with E-state index in [0.717, 1.165) is 33.2 Å². The molecule has 0 N–H and O–H groups in total. The standard InChI is InChI=1S/C27H25ClNO3P/c1-19(20-12-15-23(31-2)16-13-20)29-27(22-9-4-3-5-10-22)26-24-11-7-6-8-21(24)14-17-25(26)32-33(29,30)18-28/h3-17,19,27H,18H2,1-2H3/t19-,27-,33-/m0/s1. The summed E-state index contributed by atoms with van der Waals surface area (Å²) in [5, 5.41) is 2.19. The quantitative estimate of drug-likeness (QED) is 0.217. The maximum absolute atomic E-state index is 14.3. The van der Waals surface area contributed by atoms with Gasteiger partial charge in [-0.2, -0.15) is 0 Å². The molecule has 4 aromatic carbocycles. The van der Waals surface area contributed by atoms with Crippen molar-refractivity contribution in [2.45, 2.75) is 19.0 Å². The van der Waals surface area contributed by atoms with Crippen molar-refractivity contribution in [2.24, 2.45) is 0 Å². The van der Waals surface area contributed by atoms with E-state index in [4.69, 9.17) is 20.9 Å². The number of alkyl halides is 1. The zero-order valence-electron chi connectivity index (χ0n) is 18.5. The minimum absolute atomic E-state index is 0.108. The molecule has 5 rings (SSSR count). The molecule has 1 aliphatic heterocycles. The minimum atomic E-state index is -3.41. The maximum Gasteiger partial charge on any atom is 0.335 e. The topological polar surface area (TPSA) is 38.8 Å². The monoisotopic (exact) mass is 477 g/mol. The zero-order chi connectivity index (χ0) is 23.0. The first-order valence-corrected chi connectivity index (χ1v) is 13.2. The Morgan fingerprint density at radius 1 is 0.970 bits per heavy atom. The Hall–Kier alpha value is -2.78. The molecule has 4 aromatic rings. The fourth-order valence-electron chi connectivity index (χ4n) is 4.71. The van der Waals surface area contributed by atoms with Crippen molar-refractivity contribution in [2.75, 3.05) is 12.7 Å². The number of rotatable bonds is 5. The van der Waals surface area contributed by atoms with Gasteiger partial charge in [-0.25, -0.2) is 4.67 Å². The number of nitrogens with zero attached hydrogens (tertiary/aromatic N) is 1. The maximum atomic E-state index is 14.3. The smallest absolute Gasteiger partial charge is 0.335 e. The summed E-state index contributed by atoms with van der Waals surface area (Å²) in [6.07, 6.45) is 0. The second-order valence-corrected chi connectivity index (χ2v) is 11.1. The molecule has 0 aliphatic carbocycles. The Morgan fingerprint density at radius 2 is 1.67 bits per heavy atom. The Balaban J connectivity index is 1.76. The molecule has 1 heterocycles. The molecule has 0 saturated carbocycles. The van der Waals surface area contributed by atoms with Crippen LogP contribution in [0.2, 0.25) is 0 Å². The van der Waals surface area contributed by atoms with Crippen LogP contribution in [0.5, 0.6) is 11.5 Å². The summed E-state index contributed by atoms with van der Waals surface area (Å²) in [7, 11) is -1.76. The molecule has 0 fully saturated rings. The van der Waals surface area contributed by atoms with Gasteiger partial charge in [-0.15, -0.1) is 11.6 Å². The van der Waals surface area contributed by atoms with E-state index in [1.165, 1.54) is 0 Å². The molecule has 0 aromatic heterocycles. The van der Waals surface area contributed by atoms with E-state index in [-0.39, 0.29) is 17.7 Å². The van der Waals surface area contributed by atoms with E-state index in [2.05, 4.69) is 31.2 Å². The third-order valence-corrected chi connectivity index (χ3v) is 9.29. The molecule has 6 heteroatoms. The van der Waals surface area contributed by atoms with Gasteiger partial charge < -0.3 is 9.26 Å². The van der Waals surface area contributed by atoms with Crippen LogP contribution in [0.25, 0.3) is 10.8 Å². The van der Waals surface area contributed by atoms with Gasteiger partial charge in [-0.05, 0) is 47.0 Å². The molecule has 4 nitrogen and oxygen atoms in total. The molecular weight excluding hydrogens is 453 g/mol. The third-order valence-electron chi connectivity index (χ3n) is 6.32. The molecule has 168 valence electrons. The fraction of sp³-hybridized carbons (Fsp3) is 0.185. The zero-order valence-corrected chi connectivity index (χ0v) is 20.2. The van der Waals surface area contributed by atoms with Crippen LogP contribution in [0.1, 0.15) is 35.7 Å². The van der Waals surface area contributed by atoms with Gasteiger partial charge >= 0.3 is 7.52 Å². The van der Waals surface area contributed by atoms with Crippen LogP contribution in [0.3, 0.4) is 0 Å². The Labute approximate surface area is 199 Å². The minimum Gasteiger partial charge on any atom is -0.497 e. The molecule has 0 spiro atoms. The van der Waals surface area contributed by atoms with Crippen molar-refractivity contribution in [3.63, 3.8) is 0 Å². The molecule has 0 unspecified atom stereocenters. The van der Waals surface area contributed by atoms with Crippen LogP contribution >= 0.6 is 19.1 Å². The van der Waals surface area contributed by atoms with E-state index in [1.807, 2.05) is 71.4 Å². The highest BCUT2D eigenvalue weighted by atomic mass is 35.5. The van der Waals surface area contributed by atoms with Crippen LogP contribution < -0.4 is 9.26 Å². The molecule has 3 atom stereocenters. The summed E-state index contributed by atoms with van der Waals surface area (Å²) in [5.41, 5.74) is 2.96. The first kappa shape index (κ1) is 22.0. The lowest BCUT2D eigenvalue weighted by atomic mass is 9.91. The van der Waals surface area contributed by atoms with Gasteiger partial charge in [0.05, 0.1) is 13.2 Å². The van der Waals surface area contributed by atoms with Crippen molar-refractivity contribution >= 4 is 29.9 Å². The summed E-state index contributed by atoms with van der Waals surface area (Å²) in [4.78, 5) is 0. The van der Waals surface area contributed by atoms with Gasteiger partial charge in [0, 0.05) is 11.6 Å². The number of benzene rings is 4. The lowest BCUT2D eigenvalue weighted by Gasteiger charge is -2.45. The van der Waals surface area contributed by atoms with Crippen molar-refractivity contribution in [1.82, 2.24) is 4.67 Å². The highest BCUT2D eigenvalue weighted by molar-refractivity contribution is 7.58. The summed E-state index contributed by atoms with van der Waals surface area (Å²) in [6.45, 7) is 2.05. The number of methoxy groups -OCH3 is 1. The average Bonchev–Trinajstić information content (AvgIpc) is 2.88. The molecule has 0 amide bonds. The number of hydrogen-bond acceptors (Lipinski definition) is 3. The predicted molar refractivity (Wildman–Crippen MR) is 134 cm³/mol. The van der Waals surface area contributed by atoms with Gasteiger partial charge in [0.15, 0.2) is 0 Å². The van der Waals surface area contributed by atoms with Crippen LogP contribution in [-0.4, -0.2) is 17.4 Å². The SMILES string of the molecule is COc1ccc([C@H](C)N2[C@@H](c3ccccc3)c3c(ccc4ccccc34)O[P@@]2(=O)CCl)cc1. The Bertz CT molecular complexity index is 1330. The van der Waals surface area contributed by atoms with Crippen LogP contribution in [0.15, 0.2) is 91.0 Å². The van der Waals surface area contributed by atoms with Crippen LogP contribution in [-0.2, 0) is 4.57 Å². The fourth-order valence-corrected chi connectivity index (χ4v) is 7.22. The lowest BCUT2D eigenvalue weighted by molar-refractivity contribution is 0.243. The van der Waals surface area contributed by atoms with Gasteiger partial charge in [0.1, 0.15) is 17.1 Å². The number of fused-ring (bicyclic) bond motifs is 3. The molecule has 33 heavy (non-hydrogen) atoms. The van der Waals surface area contributed by atoms with E-state index < -0.39 is 7.52 Å². The Morgan fingerprint density at radius 3 is 2.36 bits per heavy atom. The highest BCUT2D eigenvalue weighted by Gasteiger charge is 2.48. The van der Waals surface area contributed by atoms with Gasteiger partial charge in [-0.1, -0.05) is 72.8 Å². The first-order valence-electron chi connectivity index (χ1n) is 10.9. The van der Waals surface area contributed by atoms with Crippen molar-refractivity contribution in [3.05, 3.63) is 108 Å². The second kappa shape index (κ2) is 8.87. The Kier molecular flexibility index (Phi) is 5.92. The van der Waals surface area contributed by atoms with E-state index in [9.17, 15) is 4.57 Å². The normalized spacial score (nSPS) is 21.2. The number of hydrogen-bond donors (Lipinski definition) is 0. The summed E-state index contributed by atoms with van der Waals surface area (Å²) in [5.74, 6) is 1.40. The first-order chi connectivity index (χ1) is 16.1. The van der Waals surface area contributed by atoms with Crippen molar-refractivity contribution in [3.8, 4) is 11.5 Å². The van der Waals surface area contributed by atoms with Crippen LogP contribution in [0.4, 0.5) is 0 Å². The predicted octanol–water partition coefficient (Wildman–Crippen LogP) is 7.78. The molecule has 1 aliphatic rings. The lowest BCUT2D eigenvalue weighted by Crippen LogP contribution is -2.35. The van der Waals surface area contributed by atoms with Gasteiger partial charge in [-0.3, -0.25) is 4.57 Å². The van der Waals surface area contributed by atoms with E-state index in [0.29, 0.717) is 5.75 Å². The van der Waals surface area contributed by atoms with E-state index >= 15 is 0 Å². The number of ether oxygens (including phenoxy) is 1. The molecule has 0 saturated heterocycles. The summed E-state index contributed by atoms with van der Waals surface area (Å²) in [6, 6.07) is 29.7. The third kappa shape index (κ3) is 3.83. The second-order valence-electron chi connectivity index (χ2n) is 8.19. The molecular formula is C27H25ClNO3P. The average molecular weight is 478 g/mol. The highest BCUT2D eigenvalue weighted by Crippen LogP contribution is 2.65. The van der Waals surface area contributed by atoms with E-state index in [1.54, 1.807) is 7.11 Å². The van der Waals surface area contributed by atoms with Gasteiger partial charge in [0.25, 0.3) is 0 Å². The largest absolute Gasteiger partial charge is 0.497 e. The summed E-state index contributed by atoms with van der Waals surface area (Å²) < 4.78 is 27.9. The van der Waals surface area contributed by atoms with Crippen molar-refractivity contribution < 1.29 is 13.8 Å². The van der Waals surface area contributed by atoms with Gasteiger partial charge in [0.2, 0.25) is 0 Å².